The number of carbonyl (C=O) groups excluding carboxylic acids is 1. The first-order chi connectivity index (χ1) is 17.4. The van der Waals surface area contributed by atoms with Crippen LogP contribution in [0.4, 0.5) is 0 Å². The van der Waals surface area contributed by atoms with E-state index in [2.05, 4.69) is 15.2 Å². The lowest BCUT2D eigenvalue weighted by molar-refractivity contribution is -0.126. The minimum atomic E-state index is -0.111. The van der Waals surface area contributed by atoms with Gasteiger partial charge < -0.3 is 18.9 Å². The van der Waals surface area contributed by atoms with Crippen LogP contribution in [0.3, 0.4) is 0 Å². The number of hydrogen-bond donors (Lipinski definition) is 0. The van der Waals surface area contributed by atoms with Crippen molar-refractivity contribution in [3.8, 4) is 17.2 Å². The third kappa shape index (κ3) is 5.46. The molecule has 0 spiro atoms. The van der Waals surface area contributed by atoms with E-state index in [1.165, 1.54) is 6.33 Å². The van der Waals surface area contributed by atoms with Gasteiger partial charge in [0.05, 0.1) is 30.1 Å². The Labute approximate surface area is 210 Å². The van der Waals surface area contributed by atoms with E-state index in [0.717, 1.165) is 33.8 Å². The van der Waals surface area contributed by atoms with Crippen LogP contribution in [0.1, 0.15) is 41.1 Å². The van der Waals surface area contributed by atoms with Crippen LogP contribution in [0.15, 0.2) is 65.7 Å². The van der Waals surface area contributed by atoms with Gasteiger partial charge in [-0.3, -0.25) is 4.79 Å². The van der Waals surface area contributed by atoms with Crippen molar-refractivity contribution in [3.63, 3.8) is 0 Å². The fourth-order valence-electron chi connectivity index (χ4n) is 3.71. The Morgan fingerprint density at radius 3 is 2.58 bits per heavy atom. The molecule has 1 atom stereocenters. The van der Waals surface area contributed by atoms with E-state index in [0.29, 0.717) is 18.1 Å². The highest BCUT2D eigenvalue weighted by atomic mass is 16.5. The maximum atomic E-state index is 12.8. The molecular formula is C27H29N5O4. The van der Waals surface area contributed by atoms with E-state index in [1.807, 2.05) is 63.2 Å². The number of benzene rings is 2. The summed E-state index contributed by atoms with van der Waals surface area (Å²) < 4.78 is 18.3. The summed E-state index contributed by atoms with van der Waals surface area (Å²) in [5.41, 5.74) is 4.46. The zero-order valence-electron chi connectivity index (χ0n) is 21.0. The maximum Gasteiger partial charge on any atom is 0.246 e. The zero-order chi connectivity index (χ0) is 25.7. The third-order valence-corrected chi connectivity index (χ3v) is 6.15. The van der Waals surface area contributed by atoms with Gasteiger partial charge in [-0.05, 0) is 62.2 Å². The molecule has 9 nitrogen and oxygen atoms in total. The molecule has 36 heavy (non-hydrogen) atoms. The van der Waals surface area contributed by atoms with Gasteiger partial charge in [0.25, 0.3) is 0 Å². The van der Waals surface area contributed by atoms with Gasteiger partial charge in [-0.15, -0.1) is 0 Å². The molecule has 1 unspecified atom stereocenters. The number of aromatic nitrogens is 4. The Morgan fingerprint density at radius 2 is 1.94 bits per heavy atom. The van der Waals surface area contributed by atoms with E-state index in [9.17, 15) is 4.79 Å². The molecule has 0 saturated carbocycles. The van der Waals surface area contributed by atoms with E-state index >= 15 is 0 Å². The monoisotopic (exact) mass is 487 g/mol. The van der Waals surface area contributed by atoms with Gasteiger partial charge >= 0.3 is 0 Å². The number of rotatable bonds is 9. The number of ether oxygens (including phenoxy) is 2. The molecule has 0 saturated heterocycles. The molecule has 2 aromatic carbocycles. The fourth-order valence-corrected chi connectivity index (χ4v) is 3.71. The minimum Gasteiger partial charge on any atom is -0.493 e. The summed E-state index contributed by atoms with van der Waals surface area (Å²) in [6.07, 6.45) is 6.46. The average molecular weight is 488 g/mol. The Morgan fingerprint density at radius 1 is 1.17 bits per heavy atom. The lowest BCUT2D eigenvalue weighted by atomic mass is 10.1. The molecule has 4 aromatic rings. The average Bonchev–Trinajstić information content (AvgIpc) is 3.55. The molecule has 0 aliphatic carbocycles. The fraction of sp³-hybridized carbons (Fsp3) is 0.259. The normalized spacial score (nSPS) is 12.0. The smallest absolute Gasteiger partial charge is 0.246 e. The molecule has 0 aliphatic heterocycles. The summed E-state index contributed by atoms with van der Waals surface area (Å²) in [6, 6.07) is 13.3. The molecule has 0 N–H and O–H groups in total. The van der Waals surface area contributed by atoms with Gasteiger partial charge in [-0.1, -0.05) is 23.4 Å². The first-order valence-electron chi connectivity index (χ1n) is 11.5. The first-order valence-corrected chi connectivity index (χ1v) is 11.5. The summed E-state index contributed by atoms with van der Waals surface area (Å²) in [4.78, 5) is 18.5. The van der Waals surface area contributed by atoms with E-state index in [1.54, 1.807) is 42.2 Å². The van der Waals surface area contributed by atoms with Crippen molar-refractivity contribution in [2.75, 3.05) is 14.2 Å². The highest BCUT2D eigenvalue weighted by molar-refractivity contribution is 5.92. The predicted molar refractivity (Wildman–Crippen MR) is 135 cm³/mol. The van der Waals surface area contributed by atoms with Crippen LogP contribution in [0, 0.1) is 13.8 Å². The summed E-state index contributed by atoms with van der Waals surface area (Å²) >= 11 is 0. The van der Waals surface area contributed by atoms with Crippen LogP contribution < -0.4 is 9.47 Å². The van der Waals surface area contributed by atoms with Crippen molar-refractivity contribution in [1.82, 2.24) is 24.8 Å². The molecular weight excluding hydrogens is 458 g/mol. The largest absolute Gasteiger partial charge is 0.493 e. The highest BCUT2D eigenvalue weighted by Gasteiger charge is 2.16. The molecule has 186 valence electrons. The second-order valence-corrected chi connectivity index (χ2v) is 8.39. The van der Waals surface area contributed by atoms with Crippen LogP contribution in [-0.2, 0) is 11.4 Å². The van der Waals surface area contributed by atoms with Gasteiger partial charge in [0.1, 0.15) is 25.0 Å². The Bertz CT molecular complexity index is 1320. The van der Waals surface area contributed by atoms with E-state index in [4.69, 9.17) is 14.0 Å². The van der Waals surface area contributed by atoms with Gasteiger partial charge in [-0.2, -0.15) is 5.10 Å². The molecule has 4 rings (SSSR count). The van der Waals surface area contributed by atoms with E-state index in [-0.39, 0.29) is 11.9 Å². The van der Waals surface area contributed by atoms with Crippen molar-refractivity contribution >= 4 is 12.0 Å². The molecule has 0 bridgehead atoms. The molecule has 0 aliphatic rings. The van der Waals surface area contributed by atoms with Crippen LogP contribution in [-0.4, -0.2) is 44.9 Å². The zero-order valence-corrected chi connectivity index (χ0v) is 21.0. The van der Waals surface area contributed by atoms with Crippen molar-refractivity contribution in [2.24, 2.45) is 0 Å². The van der Waals surface area contributed by atoms with E-state index < -0.39 is 0 Å². The summed E-state index contributed by atoms with van der Waals surface area (Å²) in [5.74, 6) is 1.79. The summed E-state index contributed by atoms with van der Waals surface area (Å²) in [7, 11) is 3.37. The topological polar surface area (TPSA) is 95.5 Å². The van der Waals surface area contributed by atoms with Gasteiger partial charge in [0, 0.05) is 13.1 Å². The molecule has 1 amide bonds. The van der Waals surface area contributed by atoms with Gasteiger partial charge in [0.15, 0.2) is 11.5 Å². The van der Waals surface area contributed by atoms with Crippen LogP contribution in [0.5, 0.6) is 11.5 Å². The molecule has 0 radical (unpaired) electrons. The molecule has 2 heterocycles. The summed E-state index contributed by atoms with van der Waals surface area (Å²) in [5, 5.41) is 8.08. The quantitative estimate of drug-likeness (QED) is 0.316. The number of carbonyl (C=O) groups is 1. The van der Waals surface area contributed by atoms with Crippen LogP contribution in [0.2, 0.25) is 0 Å². The van der Waals surface area contributed by atoms with Gasteiger partial charge in [0.2, 0.25) is 5.91 Å². The minimum absolute atomic E-state index is 0.110. The Balaban J connectivity index is 1.39. The molecule has 2 aromatic heterocycles. The summed E-state index contributed by atoms with van der Waals surface area (Å²) in [6.45, 7) is 6.05. The Kier molecular flexibility index (Phi) is 7.48. The van der Waals surface area contributed by atoms with Crippen molar-refractivity contribution < 1.29 is 18.8 Å². The highest BCUT2D eigenvalue weighted by Crippen LogP contribution is 2.30. The standard InChI is InChI=1S/C27H29N5O4/c1-18-24(20(3)36-30-18)15-35-25-12-6-21(14-26(25)34-5)7-13-27(33)31(4)19(2)22-8-10-23(11-9-22)32-17-28-16-29-32/h6-14,16-17,19H,15H2,1-5H3/b13-7+. The number of amides is 1. The predicted octanol–water partition coefficient (Wildman–Crippen LogP) is 4.69. The van der Waals surface area contributed by atoms with Crippen LogP contribution in [0.25, 0.3) is 11.8 Å². The van der Waals surface area contributed by atoms with Crippen molar-refractivity contribution in [2.45, 2.75) is 33.4 Å². The first kappa shape index (κ1) is 24.7. The number of aryl methyl sites for hydroxylation is 2. The van der Waals surface area contributed by atoms with Crippen LogP contribution >= 0.6 is 0 Å². The van der Waals surface area contributed by atoms with Crippen molar-refractivity contribution in [3.05, 3.63) is 89.3 Å². The lowest BCUT2D eigenvalue weighted by Gasteiger charge is -2.24. The number of likely N-dealkylation sites (N-methyl/N-ethyl adjacent to an activating group) is 1. The maximum absolute atomic E-state index is 12.8. The van der Waals surface area contributed by atoms with Gasteiger partial charge in [-0.25, -0.2) is 9.67 Å². The SMILES string of the molecule is COc1cc(/C=C/C(=O)N(C)C(C)c2ccc(-n3cncn3)cc2)ccc1OCc1c(C)noc1C. The second kappa shape index (κ2) is 10.9. The number of hydrogen-bond acceptors (Lipinski definition) is 7. The number of methoxy groups -OCH3 is 1. The Hall–Kier alpha value is -4.40. The molecule has 0 fully saturated rings. The third-order valence-electron chi connectivity index (χ3n) is 6.15. The van der Waals surface area contributed by atoms with Crippen molar-refractivity contribution in [1.29, 1.82) is 0 Å². The second-order valence-electron chi connectivity index (χ2n) is 8.39. The molecule has 9 heteroatoms. The number of nitrogens with zero attached hydrogens (tertiary/aromatic N) is 5. The lowest BCUT2D eigenvalue weighted by Crippen LogP contribution is -2.27.